The van der Waals surface area contributed by atoms with Crippen molar-refractivity contribution in [3.05, 3.63) is 35.7 Å². The van der Waals surface area contributed by atoms with E-state index in [9.17, 15) is 15.1 Å². The molecule has 0 aliphatic heterocycles. The van der Waals surface area contributed by atoms with Crippen LogP contribution in [0.2, 0.25) is 0 Å². The number of pyridine rings is 1. The van der Waals surface area contributed by atoms with Gasteiger partial charge in [-0.1, -0.05) is 12.1 Å². The van der Waals surface area contributed by atoms with Crippen LogP contribution >= 0.6 is 0 Å². The largest absolute Gasteiger partial charge is 0.618 e. The lowest BCUT2D eigenvalue weighted by Gasteiger charge is -2.20. The topological polar surface area (TPSA) is 114 Å². The summed E-state index contributed by atoms with van der Waals surface area (Å²) in [7, 11) is 0. The lowest BCUT2D eigenvalue weighted by Crippen LogP contribution is -2.28. The lowest BCUT2D eigenvalue weighted by molar-refractivity contribution is -0.575. The van der Waals surface area contributed by atoms with E-state index >= 15 is 0 Å². The van der Waals surface area contributed by atoms with Crippen molar-refractivity contribution in [1.82, 2.24) is 9.55 Å². The van der Waals surface area contributed by atoms with Crippen LogP contribution in [0, 0.1) is 5.21 Å². The minimum Gasteiger partial charge on any atom is -0.618 e. The third-order valence-electron chi connectivity index (χ3n) is 3.39. The second kappa shape index (κ2) is 5.10. The van der Waals surface area contributed by atoms with Crippen molar-refractivity contribution in [3.63, 3.8) is 0 Å². The molecule has 8 heteroatoms. The van der Waals surface area contributed by atoms with Crippen LogP contribution in [-0.4, -0.2) is 31.5 Å². The van der Waals surface area contributed by atoms with Gasteiger partial charge < -0.3 is 20.0 Å². The third-order valence-corrected chi connectivity index (χ3v) is 3.39. The van der Waals surface area contributed by atoms with Crippen LogP contribution in [0.3, 0.4) is 0 Å². The summed E-state index contributed by atoms with van der Waals surface area (Å²) in [6.07, 6.45) is 0.0302. The first-order valence-electron chi connectivity index (χ1n) is 7.00. The normalized spacial score (nSPS) is 12.0. The minimum absolute atomic E-state index is 0.0611. The van der Waals surface area contributed by atoms with Gasteiger partial charge in [-0.15, -0.1) is 0 Å². The molecule has 2 aromatic heterocycles. The summed E-state index contributed by atoms with van der Waals surface area (Å²) in [6.45, 7) is 3.34. The van der Waals surface area contributed by atoms with E-state index < -0.39 is 11.7 Å². The van der Waals surface area contributed by atoms with Crippen LogP contribution in [0.15, 0.2) is 30.5 Å². The summed E-state index contributed by atoms with van der Waals surface area (Å²) in [5.41, 5.74) is 0.302. The van der Waals surface area contributed by atoms with Gasteiger partial charge in [0.05, 0.1) is 23.0 Å². The van der Waals surface area contributed by atoms with E-state index in [-0.39, 0.29) is 12.5 Å². The Labute approximate surface area is 131 Å². The van der Waals surface area contributed by atoms with Gasteiger partial charge >= 0.3 is 6.09 Å². The molecule has 3 N–H and O–H groups in total. The molecule has 120 valence electrons. The van der Waals surface area contributed by atoms with E-state index in [1.54, 1.807) is 42.7 Å². The number of rotatable bonds is 3. The average Bonchev–Trinajstić information content (AvgIpc) is 2.74. The van der Waals surface area contributed by atoms with Crippen LogP contribution in [0.25, 0.3) is 21.9 Å². The zero-order chi connectivity index (χ0) is 16.8. The Balaban J connectivity index is 2.38. The molecule has 0 saturated heterocycles. The maximum atomic E-state index is 12.1. The Morgan fingerprint density at radius 3 is 2.78 bits per heavy atom. The Bertz CT molecular complexity index is 911. The van der Waals surface area contributed by atoms with E-state index in [0.717, 1.165) is 0 Å². The molecule has 0 aliphatic carbocycles. The fourth-order valence-electron chi connectivity index (χ4n) is 2.62. The molecular weight excluding hydrogens is 300 g/mol. The zero-order valence-corrected chi connectivity index (χ0v) is 12.6. The summed E-state index contributed by atoms with van der Waals surface area (Å²) in [6, 6.07) is 6.97. The van der Waals surface area contributed by atoms with Crippen LogP contribution in [0.1, 0.15) is 13.8 Å². The Morgan fingerprint density at radius 1 is 1.43 bits per heavy atom. The van der Waals surface area contributed by atoms with Crippen molar-refractivity contribution in [2.45, 2.75) is 26.0 Å². The van der Waals surface area contributed by atoms with Gasteiger partial charge in [-0.25, -0.2) is 9.78 Å². The first-order chi connectivity index (χ1) is 10.8. The van der Waals surface area contributed by atoms with Crippen LogP contribution < -0.4 is 10.0 Å². The van der Waals surface area contributed by atoms with E-state index in [1.165, 1.54) is 6.20 Å². The maximum Gasteiger partial charge on any atom is 0.411 e. The number of hydrogen-bond acceptors (Lipinski definition) is 4. The first kappa shape index (κ1) is 15.0. The van der Waals surface area contributed by atoms with E-state index in [1.807, 2.05) is 0 Å². The monoisotopic (exact) mass is 316 g/mol. The number of benzene rings is 1. The van der Waals surface area contributed by atoms with Crippen molar-refractivity contribution in [3.8, 4) is 0 Å². The number of hydrogen-bond donors (Lipinski definition) is 3. The second-order valence-electron chi connectivity index (χ2n) is 5.97. The predicted molar refractivity (Wildman–Crippen MR) is 84.1 cm³/mol. The van der Waals surface area contributed by atoms with E-state index in [4.69, 9.17) is 5.11 Å². The molecule has 0 fully saturated rings. The number of aliphatic hydroxyl groups is 1. The summed E-state index contributed by atoms with van der Waals surface area (Å²) in [5, 5.41) is 34.1. The quantitative estimate of drug-likeness (QED) is 0.502. The van der Waals surface area contributed by atoms with Crippen molar-refractivity contribution in [2.75, 3.05) is 5.32 Å². The molecule has 1 aromatic carbocycles. The Morgan fingerprint density at radius 2 is 2.13 bits per heavy atom. The molecule has 0 bridgehead atoms. The molecule has 23 heavy (non-hydrogen) atoms. The van der Waals surface area contributed by atoms with Crippen LogP contribution in [0.4, 0.5) is 10.7 Å². The average molecular weight is 316 g/mol. The minimum atomic E-state index is -1.27. The highest BCUT2D eigenvalue weighted by atomic mass is 16.5. The van der Waals surface area contributed by atoms with E-state index in [0.29, 0.717) is 26.7 Å². The standard InChI is InChI=1S/C15H16N4O4/c1-15(2,22)8-18-12-9-5-3-4-6-11(9)19(23)7-10(12)16-13(18)17-14(20)21/h3-7,22H,8H2,1-2H3,(H,16,17)(H,20,21). The smallest absolute Gasteiger partial charge is 0.411 e. The van der Waals surface area contributed by atoms with Crippen LogP contribution in [-0.2, 0) is 6.54 Å². The number of imidazole rings is 1. The highest BCUT2D eigenvalue weighted by molar-refractivity contribution is 6.02. The highest BCUT2D eigenvalue weighted by Gasteiger charge is 2.23. The lowest BCUT2D eigenvalue weighted by atomic mass is 10.1. The summed E-state index contributed by atoms with van der Waals surface area (Å²) < 4.78 is 2.27. The van der Waals surface area contributed by atoms with Gasteiger partial charge in [0.25, 0.3) is 0 Å². The van der Waals surface area contributed by atoms with Gasteiger partial charge in [0.15, 0.2) is 5.52 Å². The molecule has 0 aliphatic rings. The molecule has 2 heterocycles. The molecule has 0 radical (unpaired) electrons. The van der Waals surface area contributed by atoms with Crippen molar-refractivity contribution in [2.24, 2.45) is 0 Å². The number of nitrogens with one attached hydrogen (secondary N) is 1. The number of carboxylic acid groups (broad SMARTS) is 1. The van der Waals surface area contributed by atoms with Crippen molar-refractivity contribution >= 4 is 34.0 Å². The molecule has 1 amide bonds. The third kappa shape index (κ3) is 2.76. The first-order valence-corrected chi connectivity index (χ1v) is 7.00. The predicted octanol–water partition coefficient (Wildman–Crippen LogP) is 1.68. The zero-order valence-electron chi connectivity index (χ0n) is 12.6. The molecule has 3 aromatic rings. The molecule has 8 nitrogen and oxygen atoms in total. The van der Waals surface area contributed by atoms with E-state index in [2.05, 4.69) is 10.3 Å². The maximum absolute atomic E-state index is 12.1. The van der Waals surface area contributed by atoms with Crippen molar-refractivity contribution < 1.29 is 19.7 Å². The SMILES string of the molecule is CC(C)(O)Cn1c(NC(=O)O)nc2c[n+]([O-])c3ccccc3c21. The van der Waals surface area contributed by atoms with Gasteiger partial charge in [0.1, 0.15) is 0 Å². The van der Waals surface area contributed by atoms with Crippen LogP contribution in [0.5, 0.6) is 0 Å². The number of carbonyl (C=O) groups is 1. The highest BCUT2D eigenvalue weighted by Crippen LogP contribution is 2.27. The summed E-state index contributed by atoms with van der Waals surface area (Å²) >= 11 is 0. The Kier molecular flexibility index (Phi) is 3.33. The Hall–Kier alpha value is -2.87. The molecule has 0 unspecified atom stereocenters. The van der Waals surface area contributed by atoms with Crippen molar-refractivity contribution in [1.29, 1.82) is 0 Å². The number of nitrogens with zero attached hydrogens (tertiary/aromatic N) is 3. The fourth-order valence-corrected chi connectivity index (χ4v) is 2.62. The molecule has 0 saturated carbocycles. The number of para-hydroxylation sites is 1. The number of anilines is 1. The fraction of sp³-hybridized carbons (Fsp3) is 0.267. The molecule has 0 atom stereocenters. The molecule has 0 spiro atoms. The summed E-state index contributed by atoms with van der Waals surface area (Å²) in [5.74, 6) is 0.0611. The van der Waals surface area contributed by atoms with Gasteiger partial charge in [-0.3, -0.25) is 5.32 Å². The van der Waals surface area contributed by atoms with Gasteiger partial charge in [0, 0.05) is 6.07 Å². The summed E-state index contributed by atoms with van der Waals surface area (Å²) in [4.78, 5) is 15.2. The molecular formula is C15H16N4O4. The molecule has 3 rings (SSSR count). The second-order valence-corrected chi connectivity index (χ2v) is 5.97. The number of aromatic nitrogens is 3. The van der Waals surface area contributed by atoms with Gasteiger partial charge in [-0.05, 0) is 19.9 Å². The van der Waals surface area contributed by atoms with Gasteiger partial charge in [-0.2, -0.15) is 4.73 Å². The van der Waals surface area contributed by atoms with Gasteiger partial charge in [0.2, 0.25) is 17.7 Å². The number of amides is 1. The number of fused-ring (bicyclic) bond motifs is 3.